The Morgan fingerprint density at radius 3 is 2.64 bits per heavy atom. The third kappa shape index (κ3) is 7.33. The molecule has 0 aromatic heterocycles. The summed E-state index contributed by atoms with van der Waals surface area (Å²) in [5.74, 6) is -3.18. The number of likely N-dealkylation sites (tertiary alicyclic amines) is 1. The van der Waals surface area contributed by atoms with Crippen molar-refractivity contribution in [2.24, 2.45) is 11.8 Å². The van der Waals surface area contributed by atoms with E-state index >= 15 is 0 Å². The van der Waals surface area contributed by atoms with Crippen molar-refractivity contribution in [1.82, 2.24) is 15.1 Å². The van der Waals surface area contributed by atoms with Gasteiger partial charge in [-0.1, -0.05) is 62.2 Å². The number of hydrogen-bond donors (Lipinski definition) is 2. The van der Waals surface area contributed by atoms with E-state index in [1.54, 1.807) is 24.0 Å². The summed E-state index contributed by atoms with van der Waals surface area (Å²) in [5, 5.41) is 13.4. The second-order valence-corrected chi connectivity index (χ2v) is 12.5. The zero-order chi connectivity index (χ0) is 32.6. The fraction of sp³-hybridized carbons (Fsp3) is 0.600. The molecule has 0 unspecified atom stereocenters. The maximum atomic E-state index is 14.5. The zero-order valence-electron chi connectivity index (χ0n) is 26.7. The summed E-state index contributed by atoms with van der Waals surface area (Å²) < 4.78 is 12.4. The Kier molecular flexibility index (Phi) is 12.0. The van der Waals surface area contributed by atoms with E-state index in [9.17, 15) is 24.3 Å². The first kappa shape index (κ1) is 34.4. The number of esters is 1. The number of carbonyl (C=O) groups is 4. The van der Waals surface area contributed by atoms with Crippen LogP contribution in [0.15, 0.2) is 55.6 Å². The molecule has 0 radical (unpaired) electrons. The molecule has 2 bridgehead atoms. The molecule has 4 rings (SSSR count). The quantitative estimate of drug-likeness (QED) is 0.146. The molecule has 10 nitrogen and oxygen atoms in total. The standard InChI is InChI=1S/C35H49N3O7/c1-5-8-13-20-37(19-7-3)33(42)31-35-18-17-27(45-35)29(34(43)44-24(4)22-36-28(40)16-9-6-2)30(35)32(41)38(31)26(23-39)21-25-14-11-10-12-15-25/h6-7,10-12,14-15,24,26-27,29-31,39H,2-3,5,8-9,13,16-23H2,1,4H3,(H,36,40)/t24-,26-,27+,29-,30-,31+,35-/m1/s1. The molecule has 1 spiro atoms. The van der Waals surface area contributed by atoms with Gasteiger partial charge in [0, 0.05) is 19.5 Å². The lowest BCUT2D eigenvalue weighted by atomic mass is 9.70. The molecule has 0 saturated carbocycles. The number of rotatable bonds is 18. The third-order valence-electron chi connectivity index (χ3n) is 9.33. The highest BCUT2D eigenvalue weighted by Crippen LogP contribution is 2.59. The average molecular weight is 624 g/mol. The molecule has 3 aliphatic heterocycles. The highest BCUT2D eigenvalue weighted by molar-refractivity contribution is 5.98. The van der Waals surface area contributed by atoms with Crippen molar-refractivity contribution in [2.75, 3.05) is 26.2 Å². The van der Waals surface area contributed by atoms with Gasteiger partial charge in [-0.05, 0) is 44.6 Å². The normalized spacial score (nSPS) is 26.2. The lowest BCUT2D eigenvalue weighted by Gasteiger charge is -2.39. The molecule has 45 heavy (non-hydrogen) atoms. The molecule has 1 aromatic carbocycles. The van der Waals surface area contributed by atoms with Gasteiger partial charge in [0.05, 0.1) is 37.1 Å². The number of benzene rings is 1. The van der Waals surface area contributed by atoms with Gasteiger partial charge in [-0.25, -0.2) is 0 Å². The molecular weight excluding hydrogens is 574 g/mol. The van der Waals surface area contributed by atoms with E-state index in [0.29, 0.717) is 45.2 Å². The van der Waals surface area contributed by atoms with Crippen LogP contribution in [0.5, 0.6) is 0 Å². The van der Waals surface area contributed by atoms with E-state index < -0.39 is 47.7 Å². The number of aliphatic hydroxyl groups is 1. The van der Waals surface area contributed by atoms with Gasteiger partial charge in [-0.3, -0.25) is 19.2 Å². The summed E-state index contributed by atoms with van der Waals surface area (Å²) in [4.78, 5) is 58.0. The largest absolute Gasteiger partial charge is 0.460 e. The van der Waals surface area contributed by atoms with Gasteiger partial charge in [0.15, 0.2) is 0 Å². The molecular formula is C35H49N3O7. The molecule has 3 aliphatic rings. The van der Waals surface area contributed by atoms with Gasteiger partial charge in [0.2, 0.25) is 17.7 Å². The number of aliphatic hydroxyl groups excluding tert-OH is 1. The molecule has 3 saturated heterocycles. The van der Waals surface area contributed by atoms with E-state index in [-0.39, 0.29) is 30.9 Å². The topological polar surface area (TPSA) is 125 Å². The smallest absolute Gasteiger partial charge is 0.312 e. The van der Waals surface area contributed by atoms with Crippen molar-refractivity contribution >= 4 is 23.7 Å². The molecule has 3 amide bonds. The number of nitrogens with zero attached hydrogens (tertiary/aromatic N) is 2. The minimum atomic E-state index is -1.21. The average Bonchev–Trinajstić information content (AvgIpc) is 3.68. The zero-order valence-corrected chi connectivity index (χ0v) is 26.7. The van der Waals surface area contributed by atoms with Crippen LogP contribution in [0.1, 0.15) is 64.4 Å². The minimum Gasteiger partial charge on any atom is -0.460 e. The van der Waals surface area contributed by atoms with E-state index in [0.717, 1.165) is 24.8 Å². The monoisotopic (exact) mass is 623 g/mol. The molecule has 0 aliphatic carbocycles. The Balaban J connectivity index is 1.63. The summed E-state index contributed by atoms with van der Waals surface area (Å²) in [6.07, 6.45) is 7.04. The predicted octanol–water partition coefficient (Wildman–Crippen LogP) is 3.18. The number of allylic oxidation sites excluding steroid dienone is 1. The van der Waals surface area contributed by atoms with Crippen molar-refractivity contribution in [3.05, 3.63) is 61.2 Å². The van der Waals surface area contributed by atoms with Gasteiger partial charge in [0.1, 0.15) is 17.7 Å². The van der Waals surface area contributed by atoms with E-state index in [1.807, 2.05) is 30.3 Å². The van der Waals surface area contributed by atoms with Gasteiger partial charge in [-0.2, -0.15) is 0 Å². The van der Waals surface area contributed by atoms with Gasteiger partial charge in [0.25, 0.3) is 0 Å². The van der Waals surface area contributed by atoms with Crippen LogP contribution in [0.25, 0.3) is 0 Å². The van der Waals surface area contributed by atoms with Crippen LogP contribution < -0.4 is 5.32 Å². The molecule has 7 atom stereocenters. The van der Waals surface area contributed by atoms with Crippen LogP contribution in [0.4, 0.5) is 0 Å². The molecule has 3 fully saturated rings. The van der Waals surface area contributed by atoms with Crippen LogP contribution in [0, 0.1) is 11.8 Å². The van der Waals surface area contributed by atoms with Gasteiger partial charge >= 0.3 is 5.97 Å². The second-order valence-electron chi connectivity index (χ2n) is 12.5. The van der Waals surface area contributed by atoms with Crippen LogP contribution in [0.3, 0.4) is 0 Å². The number of nitrogens with one attached hydrogen (secondary N) is 1. The lowest BCUT2D eigenvalue weighted by Crippen LogP contribution is -2.59. The van der Waals surface area contributed by atoms with Crippen molar-refractivity contribution < 1.29 is 33.8 Å². The highest BCUT2D eigenvalue weighted by Gasteiger charge is 2.75. The predicted molar refractivity (Wildman–Crippen MR) is 170 cm³/mol. The third-order valence-corrected chi connectivity index (χ3v) is 9.33. The van der Waals surface area contributed by atoms with E-state index in [1.165, 1.54) is 4.90 Å². The van der Waals surface area contributed by atoms with E-state index in [2.05, 4.69) is 25.4 Å². The molecule has 10 heteroatoms. The van der Waals surface area contributed by atoms with Crippen LogP contribution in [0.2, 0.25) is 0 Å². The fourth-order valence-corrected chi connectivity index (χ4v) is 7.24. The molecule has 3 heterocycles. The van der Waals surface area contributed by atoms with Crippen molar-refractivity contribution in [2.45, 2.75) is 95.1 Å². The molecule has 2 N–H and O–H groups in total. The maximum Gasteiger partial charge on any atom is 0.312 e. The molecule has 246 valence electrons. The summed E-state index contributed by atoms with van der Waals surface area (Å²) in [5.41, 5.74) is -0.292. The number of fused-ring (bicyclic) bond motifs is 1. The number of unbranched alkanes of at least 4 members (excludes halogenated alkanes) is 2. The minimum absolute atomic E-state index is 0.134. The second kappa shape index (κ2) is 15.7. The summed E-state index contributed by atoms with van der Waals surface area (Å²) >= 11 is 0. The first-order valence-corrected chi connectivity index (χ1v) is 16.3. The van der Waals surface area contributed by atoms with Crippen molar-refractivity contribution in [1.29, 1.82) is 0 Å². The SMILES string of the molecule is C=CCCC(=O)NC[C@@H](C)OC(=O)[C@@H]1[C@@H]2CC[C@]3(O2)[C@H](C(=O)N(CC=C)CCCCC)N([C@@H](CO)Cc2ccccc2)C(=O)[C@@H]13. The van der Waals surface area contributed by atoms with Crippen molar-refractivity contribution in [3.8, 4) is 0 Å². The number of hydrogen-bond acceptors (Lipinski definition) is 7. The highest BCUT2D eigenvalue weighted by atomic mass is 16.6. The summed E-state index contributed by atoms with van der Waals surface area (Å²) in [6.45, 7) is 11.9. The first-order valence-electron chi connectivity index (χ1n) is 16.3. The van der Waals surface area contributed by atoms with Crippen molar-refractivity contribution in [3.63, 3.8) is 0 Å². The number of ether oxygens (including phenoxy) is 2. The lowest BCUT2D eigenvalue weighted by molar-refractivity contribution is -0.160. The van der Waals surface area contributed by atoms with E-state index in [4.69, 9.17) is 9.47 Å². The summed E-state index contributed by atoms with van der Waals surface area (Å²) in [6, 6.07) is 7.84. The molecule has 1 aromatic rings. The van der Waals surface area contributed by atoms with Gasteiger partial charge in [-0.15, -0.1) is 13.2 Å². The van der Waals surface area contributed by atoms with Crippen LogP contribution >= 0.6 is 0 Å². The Morgan fingerprint density at radius 2 is 1.98 bits per heavy atom. The number of amides is 3. The summed E-state index contributed by atoms with van der Waals surface area (Å²) in [7, 11) is 0. The van der Waals surface area contributed by atoms with Crippen LogP contribution in [-0.4, -0.2) is 94.7 Å². The fourth-order valence-electron chi connectivity index (χ4n) is 7.24. The maximum absolute atomic E-state index is 14.5. The number of carbonyl (C=O) groups excluding carboxylic acids is 4. The first-order chi connectivity index (χ1) is 21.7. The Hall–Kier alpha value is -3.50. The Morgan fingerprint density at radius 1 is 1.22 bits per heavy atom. The Bertz CT molecular complexity index is 1220. The van der Waals surface area contributed by atoms with Gasteiger partial charge < -0.3 is 29.7 Å². The Labute approximate surface area is 266 Å². The van der Waals surface area contributed by atoms with Crippen LogP contribution in [-0.2, 0) is 35.1 Å².